The molecule has 0 aromatic heterocycles. The quantitative estimate of drug-likeness (QED) is 0.736. The monoisotopic (exact) mass is 207 g/mol. The maximum Gasteiger partial charge on any atom is 0.119 e. The Morgan fingerprint density at radius 1 is 1.33 bits per heavy atom. The van der Waals surface area contributed by atoms with Crippen LogP contribution in [0.15, 0.2) is 30.3 Å². The Morgan fingerprint density at radius 2 is 2.07 bits per heavy atom. The van der Waals surface area contributed by atoms with E-state index in [1.165, 1.54) is 12.8 Å². The van der Waals surface area contributed by atoms with E-state index in [2.05, 4.69) is 5.32 Å². The minimum absolute atomic E-state index is 0.351. The van der Waals surface area contributed by atoms with Gasteiger partial charge in [-0.15, -0.1) is 0 Å². The van der Waals surface area contributed by atoms with Crippen molar-refractivity contribution in [3.8, 4) is 5.75 Å². The minimum Gasteiger partial charge on any atom is -0.491 e. The third-order valence-electron chi connectivity index (χ3n) is 2.41. The van der Waals surface area contributed by atoms with E-state index in [-0.39, 0.29) is 0 Å². The van der Waals surface area contributed by atoms with Gasteiger partial charge in [-0.2, -0.15) is 0 Å². The molecule has 2 N–H and O–H groups in total. The predicted molar refractivity (Wildman–Crippen MR) is 59.0 cm³/mol. The van der Waals surface area contributed by atoms with Gasteiger partial charge in [0.2, 0.25) is 0 Å². The van der Waals surface area contributed by atoms with Crippen LogP contribution in [-0.4, -0.2) is 30.4 Å². The van der Waals surface area contributed by atoms with E-state index in [1.807, 2.05) is 30.3 Å². The molecule has 15 heavy (non-hydrogen) atoms. The van der Waals surface area contributed by atoms with Crippen molar-refractivity contribution in [1.29, 1.82) is 0 Å². The van der Waals surface area contributed by atoms with Gasteiger partial charge < -0.3 is 15.2 Å². The van der Waals surface area contributed by atoms with Gasteiger partial charge in [-0.3, -0.25) is 0 Å². The Balaban J connectivity index is 1.63. The van der Waals surface area contributed by atoms with E-state index < -0.39 is 6.10 Å². The number of benzene rings is 1. The molecular formula is C12H17NO2. The van der Waals surface area contributed by atoms with Crippen molar-refractivity contribution in [2.24, 2.45) is 0 Å². The number of nitrogens with one attached hydrogen (secondary N) is 1. The van der Waals surface area contributed by atoms with Crippen LogP contribution >= 0.6 is 0 Å². The number of hydrogen-bond donors (Lipinski definition) is 2. The number of rotatable bonds is 6. The summed E-state index contributed by atoms with van der Waals surface area (Å²) in [7, 11) is 0. The van der Waals surface area contributed by atoms with E-state index in [0.717, 1.165) is 5.75 Å². The number of aliphatic hydroxyl groups excluding tert-OH is 1. The largest absolute Gasteiger partial charge is 0.491 e. The lowest BCUT2D eigenvalue weighted by Gasteiger charge is -2.12. The lowest BCUT2D eigenvalue weighted by molar-refractivity contribution is 0.106. The molecule has 1 saturated carbocycles. The lowest BCUT2D eigenvalue weighted by Crippen LogP contribution is -2.32. The molecule has 1 aromatic carbocycles. The van der Waals surface area contributed by atoms with Crippen LogP contribution in [0.25, 0.3) is 0 Å². The molecule has 3 heteroatoms. The molecular weight excluding hydrogens is 190 g/mol. The zero-order chi connectivity index (χ0) is 10.5. The van der Waals surface area contributed by atoms with Crippen molar-refractivity contribution < 1.29 is 9.84 Å². The van der Waals surface area contributed by atoms with E-state index in [9.17, 15) is 5.11 Å². The highest BCUT2D eigenvalue weighted by Crippen LogP contribution is 2.18. The highest BCUT2D eigenvalue weighted by atomic mass is 16.5. The first kappa shape index (κ1) is 10.5. The molecule has 0 radical (unpaired) electrons. The van der Waals surface area contributed by atoms with E-state index in [4.69, 9.17) is 4.74 Å². The molecule has 1 fully saturated rings. The van der Waals surface area contributed by atoms with Gasteiger partial charge in [-0.25, -0.2) is 0 Å². The van der Waals surface area contributed by atoms with Crippen LogP contribution in [0.3, 0.4) is 0 Å². The normalized spacial score (nSPS) is 17.4. The summed E-state index contributed by atoms with van der Waals surface area (Å²) < 4.78 is 5.43. The summed E-state index contributed by atoms with van der Waals surface area (Å²) in [4.78, 5) is 0. The summed E-state index contributed by atoms with van der Waals surface area (Å²) in [5, 5.41) is 12.9. The van der Waals surface area contributed by atoms with Crippen molar-refractivity contribution in [3.05, 3.63) is 30.3 Å². The van der Waals surface area contributed by atoms with Crippen LogP contribution in [0, 0.1) is 0 Å². The lowest BCUT2D eigenvalue weighted by atomic mass is 10.3. The van der Waals surface area contributed by atoms with Crippen LogP contribution in [0.1, 0.15) is 12.8 Å². The zero-order valence-corrected chi connectivity index (χ0v) is 8.73. The molecule has 1 aliphatic carbocycles. The molecule has 2 rings (SSSR count). The van der Waals surface area contributed by atoms with Crippen LogP contribution in [0.2, 0.25) is 0 Å². The van der Waals surface area contributed by atoms with Gasteiger partial charge in [0.15, 0.2) is 0 Å². The van der Waals surface area contributed by atoms with Crippen molar-refractivity contribution in [2.75, 3.05) is 13.2 Å². The van der Waals surface area contributed by atoms with E-state index in [0.29, 0.717) is 19.2 Å². The fraction of sp³-hybridized carbons (Fsp3) is 0.500. The summed E-state index contributed by atoms with van der Waals surface area (Å²) in [5.74, 6) is 0.808. The second-order valence-corrected chi connectivity index (χ2v) is 3.96. The molecule has 0 heterocycles. The van der Waals surface area contributed by atoms with Crippen molar-refractivity contribution in [3.63, 3.8) is 0 Å². The minimum atomic E-state index is -0.425. The first-order chi connectivity index (χ1) is 7.34. The van der Waals surface area contributed by atoms with Crippen LogP contribution in [0.4, 0.5) is 0 Å². The molecule has 1 aliphatic rings. The standard InChI is InChI=1S/C12H17NO2/c14-11(8-13-10-6-7-10)9-15-12-4-2-1-3-5-12/h1-5,10-11,13-14H,6-9H2/t11-/m1/s1. The maximum atomic E-state index is 9.60. The van der Waals surface area contributed by atoms with Crippen LogP contribution in [0.5, 0.6) is 5.75 Å². The Bertz CT molecular complexity index is 285. The highest BCUT2D eigenvalue weighted by molar-refractivity contribution is 5.20. The van der Waals surface area contributed by atoms with Crippen LogP contribution < -0.4 is 10.1 Å². The molecule has 1 aromatic rings. The topological polar surface area (TPSA) is 41.5 Å². The molecule has 1 atom stereocenters. The average Bonchev–Trinajstić information content (AvgIpc) is 3.09. The number of ether oxygens (including phenoxy) is 1. The molecule has 0 bridgehead atoms. The SMILES string of the molecule is O[C@H](CNC1CC1)COc1ccccc1. The Kier molecular flexibility index (Phi) is 3.59. The zero-order valence-electron chi connectivity index (χ0n) is 8.73. The maximum absolute atomic E-state index is 9.60. The molecule has 0 saturated heterocycles. The summed E-state index contributed by atoms with van der Waals surface area (Å²) in [6.45, 7) is 0.973. The summed E-state index contributed by atoms with van der Waals surface area (Å²) in [5.41, 5.74) is 0. The molecule has 0 aliphatic heterocycles. The van der Waals surface area contributed by atoms with Gasteiger partial charge in [0, 0.05) is 12.6 Å². The molecule has 3 nitrogen and oxygen atoms in total. The molecule has 0 unspecified atom stereocenters. The summed E-state index contributed by atoms with van der Waals surface area (Å²) in [6.07, 6.45) is 2.06. The van der Waals surface area contributed by atoms with Gasteiger partial charge in [0.1, 0.15) is 18.5 Å². The molecule has 82 valence electrons. The average molecular weight is 207 g/mol. The fourth-order valence-electron chi connectivity index (χ4n) is 1.36. The Labute approximate surface area is 90.1 Å². The third kappa shape index (κ3) is 3.90. The first-order valence-electron chi connectivity index (χ1n) is 5.44. The predicted octanol–water partition coefficient (Wildman–Crippen LogP) is 1.18. The van der Waals surface area contributed by atoms with Gasteiger partial charge in [-0.05, 0) is 25.0 Å². The third-order valence-corrected chi connectivity index (χ3v) is 2.41. The second kappa shape index (κ2) is 5.14. The van der Waals surface area contributed by atoms with Crippen molar-refractivity contribution in [2.45, 2.75) is 25.0 Å². The van der Waals surface area contributed by atoms with Crippen LogP contribution in [-0.2, 0) is 0 Å². The number of aliphatic hydroxyl groups is 1. The molecule has 0 amide bonds. The highest BCUT2D eigenvalue weighted by Gasteiger charge is 2.21. The van der Waals surface area contributed by atoms with Crippen molar-refractivity contribution >= 4 is 0 Å². The Morgan fingerprint density at radius 3 is 2.73 bits per heavy atom. The Hall–Kier alpha value is -1.06. The molecule has 0 spiro atoms. The van der Waals surface area contributed by atoms with E-state index in [1.54, 1.807) is 0 Å². The van der Waals surface area contributed by atoms with Crippen molar-refractivity contribution in [1.82, 2.24) is 5.32 Å². The first-order valence-corrected chi connectivity index (χ1v) is 5.44. The second-order valence-electron chi connectivity index (χ2n) is 3.96. The number of hydrogen-bond acceptors (Lipinski definition) is 3. The fourth-order valence-corrected chi connectivity index (χ4v) is 1.36. The summed E-state index contributed by atoms with van der Waals surface area (Å²) in [6, 6.07) is 10.2. The van der Waals surface area contributed by atoms with Gasteiger partial charge in [0.05, 0.1) is 0 Å². The summed E-state index contributed by atoms with van der Waals surface area (Å²) >= 11 is 0. The van der Waals surface area contributed by atoms with E-state index >= 15 is 0 Å². The van der Waals surface area contributed by atoms with Gasteiger partial charge in [0.25, 0.3) is 0 Å². The smallest absolute Gasteiger partial charge is 0.119 e. The van der Waals surface area contributed by atoms with Gasteiger partial charge >= 0.3 is 0 Å². The number of para-hydroxylation sites is 1. The van der Waals surface area contributed by atoms with Gasteiger partial charge in [-0.1, -0.05) is 18.2 Å².